The lowest BCUT2D eigenvalue weighted by Crippen LogP contribution is -2.43. The van der Waals surface area contributed by atoms with Gasteiger partial charge < -0.3 is 10.6 Å². The van der Waals surface area contributed by atoms with Crippen molar-refractivity contribution in [3.05, 3.63) is 23.8 Å². The minimum atomic E-state index is -0.536. The number of aliphatic imine (C=N–C) groups is 1. The van der Waals surface area contributed by atoms with Crippen LogP contribution < -0.4 is 10.6 Å². The smallest absolute Gasteiger partial charge is 0.208 e. The molecule has 1 aliphatic rings. The molecule has 0 aromatic heterocycles. The largest absolute Gasteiger partial charge is 0.335 e. The highest BCUT2D eigenvalue weighted by Crippen LogP contribution is 2.07. The van der Waals surface area contributed by atoms with Gasteiger partial charge in [0.1, 0.15) is 6.17 Å². The Morgan fingerprint density at radius 2 is 2.07 bits per heavy atom. The third-order valence-electron chi connectivity index (χ3n) is 1.71. The van der Waals surface area contributed by atoms with Crippen LogP contribution in [-0.4, -0.2) is 31.7 Å². The molecule has 0 aromatic rings. The second-order valence-corrected chi connectivity index (χ2v) is 2.77. The molecule has 1 heterocycles. The van der Waals surface area contributed by atoms with E-state index in [-0.39, 0.29) is 0 Å². The third kappa shape index (κ3) is 2.55. The predicted octanol–water partition coefficient (Wildman–Crippen LogP) is -0.628. The molecule has 0 aromatic carbocycles. The van der Waals surface area contributed by atoms with Crippen LogP contribution in [0.15, 0.2) is 28.8 Å². The number of nitrogens with one attached hydrogen (secondary N) is 2. The van der Waals surface area contributed by atoms with E-state index < -0.39 is 6.17 Å². The first kappa shape index (κ1) is 10.2. The summed E-state index contributed by atoms with van der Waals surface area (Å²) in [6.45, 7) is 4.30. The molecular weight excluding hydrogens is 182 g/mol. The summed E-state index contributed by atoms with van der Waals surface area (Å²) in [5.74, 6) is 0. The second kappa shape index (κ2) is 4.96. The fourth-order valence-electron chi connectivity index (χ4n) is 1.12. The monoisotopic (exact) mass is 193 g/mol. The van der Waals surface area contributed by atoms with Crippen molar-refractivity contribution in [2.24, 2.45) is 4.99 Å². The molecular formula is C9H11N3O2. The van der Waals surface area contributed by atoms with Crippen molar-refractivity contribution in [2.45, 2.75) is 6.17 Å². The maximum absolute atomic E-state index is 10.3. The van der Waals surface area contributed by atoms with Gasteiger partial charge in [-0.3, -0.25) is 14.6 Å². The zero-order valence-corrected chi connectivity index (χ0v) is 7.56. The number of nitrogens with zero attached hydrogens (tertiary/aromatic N) is 1. The first-order valence-electron chi connectivity index (χ1n) is 4.06. The lowest BCUT2D eigenvalue weighted by molar-refractivity contribution is -0.111. The normalized spacial score (nSPS) is 14.9. The van der Waals surface area contributed by atoms with Crippen molar-refractivity contribution in [2.75, 3.05) is 6.54 Å². The maximum Gasteiger partial charge on any atom is 0.208 e. The summed E-state index contributed by atoms with van der Waals surface area (Å²) in [4.78, 5) is 24.5. The molecule has 0 bridgehead atoms. The van der Waals surface area contributed by atoms with Gasteiger partial charge in [-0.2, -0.15) is 0 Å². The molecule has 5 heteroatoms. The van der Waals surface area contributed by atoms with E-state index in [1.54, 1.807) is 12.3 Å². The van der Waals surface area contributed by atoms with Crippen LogP contribution in [0.2, 0.25) is 0 Å². The van der Waals surface area contributed by atoms with Crippen LogP contribution in [-0.2, 0) is 9.59 Å². The molecule has 0 aliphatic carbocycles. The number of carbonyl (C=O) groups is 2. The van der Waals surface area contributed by atoms with Gasteiger partial charge in [-0.05, 0) is 11.6 Å². The van der Waals surface area contributed by atoms with Crippen LogP contribution >= 0.6 is 0 Å². The standard InChI is InChI=1S/C9H11N3O2/c1-7-2-8(4-10-3-7)9(11-5-13)12-6-14/h2,4-6,9H,1,3H2,(H,11,13)(H,12,14). The summed E-state index contributed by atoms with van der Waals surface area (Å²) in [7, 11) is 0. The second-order valence-electron chi connectivity index (χ2n) is 2.77. The molecule has 0 radical (unpaired) electrons. The van der Waals surface area contributed by atoms with Crippen molar-refractivity contribution in [1.29, 1.82) is 0 Å². The zero-order chi connectivity index (χ0) is 10.4. The van der Waals surface area contributed by atoms with E-state index in [9.17, 15) is 9.59 Å². The summed E-state index contributed by atoms with van der Waals surface area (Å²) in [5, 5.41) is 4.90. The van der Waals surface area contributed by atoms with Gasteiger partial charge in [0.25, 0.3) is 0 Å². The Morgan fingerprint density at radius 3 is 2.57 bits per heavy atom. The van der Waals surface area contributed by atoms with Crippen molar-refractivity contribution < 1.29 is 9.59 Å². The van der Waals surface area contributed by atoms with Crippen LogP contribution in [0.25, 0.3) is 0 Å². The van der Waals surface area contributed by atoms with Gasteiger partial charge in [0.05, 0.1) is 6.54 Å². The molecule has 0 fully saturated rings. The highest BCUT2D eigenvalue weighted by Gasteiger charge is 2.12. The van der Waals surface area contributed by atoms with E-state index >= 15 is 0 Å². The van der Waals surface area contributed by atoms with Gasteiger partial charge >= 0.3 is 0 Å². The average Bonchev–Trinajstić information content (AvgIpc) is 2.17. The zero-order valence-electron chi connectivity index (χ0n) is 7.56. The molecule has 1 rings (SSSR count). The van der Waals surface area contributed by atoms with Gasteiger partial charge in [-0.15, -0.1) is 0 Å². The molecule has 2 amide bonds. The summed E-state index contributed by atoms with van der Waals surface area (Å²) in [5.41, 5.74) is 1.55. The van der Waals surface area contributed by atoms with Crippen LogP contribution in [0.4, 0.5) is 0 Å². The number of amides is 2. The number of dihydropyridines is 1. The van der Waals surface area contributed by atoms with Crippen LogP contribution in [0.3, 0.4) is 0 Å². The lowest BCUT2D eigenvalue weighted by Gasteiger charge is -2.18. The molecule has 0 saturated carbocycles. The average molecular weight is 193 g/mol. The molecule has 2 N–H and O–H groups in total. The third-order valence-corrected chi connectivity index (χ3v) is 1.71. The molecule has 5 nitrogen and oxygen atoms in total. The first-order valence-corrected chi connectivity index (χ1v) is 4.06. The first-order chi connectivity index (χ1) is 6.77. The summed E-state index contributed by atoms with van der Waals surface area (Å²) < 4.78 is 0. The summed E-state index contributed by atoms with van der Waals surface area (Å²) >= 11 is 0. The molecule has 14 heavy (non-hydrogen) atoms. The minimum Gasteiger partial charge on any atom is -0.335 e. The minimum absolute atomic E-state index is 0.521. The van der Waals surface area contributed by atoms with E-state index in [2.05, 4.69) is 22.2 Å². The summed E-state index contributed by atoms with van der Waals surface area (Å²) in [6.07, 6.45) is 3.89. The molecule has 0 unspecified atom stereocenters. The molecule has 0 spiro atoms. The Bertz CT molecular complexity index is 297. The predicted molar refractivity (Wildman–Crippen MR) is 52.8 cm³/mol. The maximum atomic E-state index is 10.3. The lowest BCUT2D eigenvalue weighted by atomic mass is 10.1. The molecule has 1 aliphatic heterocycles. The Kier molecular flexibility index (Phi) is 3.60. The summed E-state index contributed by atoms with van der Waals surface area (Å²) in [6, 6.07) is 0. The number of hydrogen-bond acceptors (Lipinski definition) is 3. The number of hydrogen-bond donors (Lipinski definition) is 2. The Balaban J connectivity index is 2.75. The Labute approximate surface area is 81.6 Å². The van der Waals surface area contributed by atoms with Crippen LogP contribution in [0.5, 0.6) is 0 Å². The molecule has 74 valence electrons. The highest BCUT2D eigenvalue weighted by atomic mass is 16.1. The van der Waals surface area contributed by atoms with Crippen LogP contribution in [0, 0.1) is 0 Å². The van der Waals surface area contributed by atoms with Gasteiger partial charge in [0, 0.05) is 11.8 Å². The number of rotatable bonds is 5. The van der Waals surface area contributed by atoms with Crippen LogP contribution in [0.1, 0.15) is 0 Å². The van der Waals surface area contributed by atoms with Crippen molar-refractivity contribution in [3.8, 4) is 0 Å². The van der Waals surface area contributed by atoms with Gasteiger partial charge in [-0.1, -0.05) is 6.58 Å². The van der Waals surface area contributed by atoms with E-state index in [1.165, 1.54) is 0 Å². The molecule has 0 atom stereocenters. The van der Waals surface area contributed by atoms with E-state index in [0.29, 0.717) is 24.9 Å². The Morgan fingerprint density at radius 1 is 1.43 bits per heavy atom. The Hall–Kier alpha value is -1.91. The van der Waals surface area contributed by atoms with Crippen molar-refractivity contribution in [3.63, 3.8) is 0 Å². The molecule has 0 saturated heterocycles. The van der Waals surface area contributed by atoms with Gasteiger partial charge in [0.2, 0.25) is 12.8 Å². The SMILES string of the molecule is C=C1C=C(C(NC=O)NC=O)C=NC1. The topological polar surface area (TPSA) is 70.6 Å². The number of carbonyl (C=O) groups excluding carboxylic acids is 2. The fraction of sp³-hybridized carbons (Fsp3) is 0.222. The highest BCUT2D eigenvalue weighted by molar-refractivity contribution is 5.83. The van der Waals surface area contributed by atoms with Crippen molar-refractivity contribution >= 4 is 19.0 Å². The van der Waals surface area contributed by atoms with Gasteiger partial charge in [-0.25, -0.2) is 0 Å². The fourth-order valence-corrected chi connectivity index (χ4v) is 1.12. The van der Waals surface area contributed by atoms with Crippen molar-refractivity contribution in [1.82, 2.24) is 10.6 Å². The van der Waals surface area contributed by atoms with E-state index in [4.69, 9.17) is 0 Å². The van der Waals surface area contributed by atoms with E-state index in [0.717, 1.165) is 5.57 Å². The van der Waals surface area contributed by atoms with E-state index in [1.807, 2.05) is 0 Å². The van der Waals surface area contributed by atoms with Gasteiger partial charge in [0.15, 0.2) is 0 Å². The quantitative estimate of drug-likeness (QED) is 0.451.